The number of fused-ring (bicyclic) bond motifs is 1. The molecule has 0 fully saturated rings. The molecule has 0 atom stereocenters. The minimum Gasteiger partial charge on any atom is -0.334 e. The molecular weight excluding hydrogens is 214 g/mol. The molecule has 0 unspecified atom stereocenters. The fourth-order valence-electron chi connectivity index (χ4n) is 1.41. The third-order valence-corrected chi connectivity index (χ3v) is 2.64. The van der Waals surface area contributed by atoms with Crippen LogP contribution in [0.5, 0.6) is 0 Å². The number of sulfonamides is 1. The van der Waals surface area contributed by atoms with Gasteiger partial charge in [0.05, 0.1) is 29.3 Å². The van der Waals surface area contributed by atoms with Crippen molar-refractivity contribution in [3.63, 3.8) is 0 Å². The highest BCUT2D eigenvalue weighted by Gasteiger charge is 2.04. The Balaban J connectivity index is 2.48. The first-order valence-electron chi connectivity index (χ1n) is 4.34. The monoisotopic (exact) mass is 225 g/mol. The third kappa shape index (κ3) is 2.10. The molecule has 1 aromatic heterocycles. The lowest BCUT2D eigenvalue weighted by molar-refractivity contribution is 0.607. The molecule has 0 spiro atoms. The van der Waals surface area contributed by atoms with E-state index in [1.165, 1.54) is 0 Å². The van der Waals surface area contributed by atoms with E-state index in [1.807, 2.05) is 17.7 Å². The number of anilines is 1. The van der Waals surface area contributed by atoms with E-state index in [0.717, 1.165) is 17.3 Å². The van der Waals surface area contributed by atoms with Crippen molar-refractivity contribution >= 4 is 26.7 Å². The van der Waals surface area contributed by atoms with Gasteiger partial charge in [-0.25, -0.2) is 13.4 Å². The lowest BCUT2D eigenvalue weighted by Gasteiger charge is -2.03. The fraction of sp³-hybridized carbons (Fsp3) is 0.222. The van der Waals surface area contributed by atoms with Crippen LogP contribution in [0.25, 0.3) is 11.0 Å². The molecule has 80 valence electrons. The van der Waals surface area contributed by atoms with Gasteiger partial charge in [0.25, 0.3) is 0 Å². The first-order valence-corrected chi connectivity index (χ1v) is 6.24. The molecule has 1 N–H and O–H groups in total. The Labute approximate surface area is 87.8 Å². The highest BCUT2D eigenvalue weighted by molar-refractivity contribution is 7.92. The SMILES string of the molecule is Cn1cnc2cc(NS(C)(=O)=O)ccc21. The van der Waals surface area contributed by atoms with Crippen molar-refractivity contribution in [2.75, 3.05) is 11.0 Å². The number of rotatable bonds is 2. The van der Waals surface area contributed by atoms with Crippen LogP contribution in [0.2, 0.25) is 0 Å². The molecule has 1 heterocycles. The van der Waals surface area contributed by atoms with Crippen molar-refractivity contribution < 1.29 is 8.42 Å². The van der Waals surface area contributed by atoms with Crippen LogP contribution in [-0.4, -0.2) is 24.2 Å². The van der Waals surface area contributed by atoms with Gasteiger partial charge in [0.15, 0.2) is 0 Å². The van der Waals surface area contributed by atoms with Crippen LogP contribution >= 0.6 is 0 Å². The minimum atomic E-state index is -3.22. The Kier molecular flexibility index (Phi) is 2.15. The Morgan fingerprint density at radius 2 is 2.13 bits per heavy atom. The van der Waals surface area contributed by atoms with Crippen LogP contribution in [-0.2, 0) is 17.1 Å². The standard InChI is InChI=1S/C9H11N3O2S/c1-12-6-10-8-5-7(3-4-9(8)12)11-15(2,13)14/h3-6,11H,1-2H3. The first kappa shape index (κ1) is 9.97. The molecule has 0 aliphatic rings. The zero-order chi connectivity index (χ0) is 11.1. The van der Waals surface area contributed by atoms with Crippen LogP contribution in [0.15, 0.2) is 24.5 Å². The Morgan fingerprint density at radius 3 is 2.80 bits per heavy atom. The van der Waals surface area contributed by atoms with E-state index in [1.54, 1.807) is 18.5 Å². The molecule has 0 amide bonds. The molecule has 2 rings (SSSR count). The summed E-state index contributed by atoms with van der Waals surface area (Å²) in [5, 5.41) is 0. The van der Waals surface area contributed by atoms with Crippen molar-refractivity contribution in [3.05, 3.63) is 24.5 Å². The molecule has 0 aliphatic carbocycles. The Morgan fingerprint density at radius 1 is 1.40 bits per heavy atom. The number of imidazole rings is 1. The summed E-state index contributed by atoms with van der Waals surface area (Å²) in [6.45, 7) is 0. The van der Waals surface area contributed by atoms with E-state index in [2.05, 4.69) is 9.71 Å². The maximum absolute atomic E-state index is 11.0. The molecule has 0 aliphatic heterocycles. The summed E-state index contributed by atoms with van der Waals surface area (Å²) in [4.78, 5) is 4.14. The topological polar surface area (TPSA) is 64.0 Å². The lowest BCUT2D eigenvalue weighted by atomic mass is 10.3. The molecule has 5 nitrogen and oxygen atoms in total. The van der Waals surface area contributed by atoms with Gasteiger partial charge < -0.3 is 4.57 Å². The van der Waals surface area contributed by atoms with Gasteiger partial charge in [-0.3, -0.25) is 4.72 Å². The van der Waals surface area contributed by atoms with Crippen molar-refractivity contribution in [2.24, 2.45) is 7.05 Å². The molecular formula is C9H11N3O2S. The number of aromatic nitrogens is 2. The number of hydrogen-bond acceptors (Lipinski definition) is 3. The Bertz CT molecular complexity index is 601. The lowest BCUT2D eigenvalue weighted by Crippen LogP contribution is -2.09. The number of aryl methyl sites for hydroxylation is 1. The minimum absolute atomic E-state index is 0.531. The second-order valence-corrected chi connectivity index (χ2v) is 5.18. The average Bonchev–Trinajstić information content (AvgIpc) is 2.45. The third-order valence-electron chi connectivity index (χ3n) is 2.03. The predicted octanol–water partition coefficient (Wildman–Crippen LogP) is 0.945. The summed E-state index contributed by atoms with van der Waals surface area (Å²) in [5.41, 5.74) is 2.27. The van der Waals surface area contributed by atoms with Crippen molar-refractivity contribution in [3.8, 4) is 0 Å². The molecule has 0 bridgehead atoms. The maximum atomic E-state index is 11.0. The van der Waals surface area contributed by atoms with Crippen molar-refractivity contribution in [1.82, 2.24) is 9.55 Å². The zero-order valence-electron chi connectivity index (χ0n) is 8.43. The second kappa shape index (κ2) is 3.23. The zero-order valence-corrected chi connectivity index (χ0v) is 9.25. The number of hydrogen-bond donors (Lipinski definition) is 1. The molecule has 2 aromatic rings. The summed E-state index contributed by atoms with van der Waals surface area (Å²) < 4.78 is 26.3. The molecule has 0 radical (unpaired) electrons. The molecule has 0 saturated heterocycles. The van der Waals surface area contributed by atoms with Gasteiger partial charge in [-0.05, 0) is 18.2 Å². The molecule has 6 heteroatoms. The smallest absolute Gasteiger partial charge is 0.229 e. The van der Waals surface area contributed by atoms with Gasteiger partial charge in [-0.1, -0.05) is 0 Å². The maximum Gasteiger partial charge on any atom is 0.229 e. The fourth-order valence-corrected chi connectivity index (χ4v) is 1.97. The van der Waals surface area contributed by atoms with Crippen LogP contribution in [0, 0.1) is 0 Å². The van der Waals surface area contributed by atoms with Crippen LogP contribution in [0.4, 0.5) is 5.69 Å². The van der Waals surface area contributed by atoms with Crippen LogP contribution < -0.4 is 4.72 Å². The van der Waals surface area contributed by atoms with Gasteiger partial charge in [-0.15, -0.1) is 0 Å². The summed E-state index contributed by atoms with van der Waals surface area (Å²) in [5.74, 6) is 0. The summed E-state index contributed by atoms with van der Waals surface area (Å²) in [6, 6.07) is 5.25. The predicted molar refractivity (Wildman–Crippen MR) is 59.2 cm³/mol. The number of nitrogens with one attached hydrogen (secondary N) is 1. The van der Waals surface area contributed by atoms with E-state index < -0.39 is 10.0 Å². The van der Waals surface area contributed by atoms with Gasteiger partial charge in [0, 0.05) is 7.05 Å². The van der Waals surface area contributed by atoms with Crippen LogP contribution in [0.3, 0.4) is 0 Å². The Hall–Kier alpha value is -1.56. The summed E-state index contributed by atoms with van der Waals surface area (Å²) in [7, 11) is -1.34. The van der Waals surface area contributed by atoms with E-state index in [0.29, 0.717) is 5.69 Å². The first-order chi connectivity index (χ1) is 6.96. The highest BCUT2D eigenvalue weighted by atomic mass is 32.2. The summed E-state index contributed by atoms with van der Waals surface area (Å²) in [6.07, 6.45) is 2.81. The largest absolute Gasteiger partial charge is 0.334 e. The van der Waals surface area contributed by atoms with E-state index in [9.17, 15) is 8.42 Å². The average molecular weight is 225 g/mol. The van der Waals surface area contributed by atoms with E-state index >= 15 is 0 Å². The van der Waals surface area contributed by atoms with Gasteiger partial charge in [-0.2, -0.15) is 0 Å². The van der Waals surface area contributed by atoms with Crippen LogP contribution in [0.1, 0.15) is 0 Å². The van der Waals surface area contributed by atoms with E-state index in [-0.39, 0.29) is 0 Å². The molecule has 0 saturated carbocycles. The second-order valence-electron chi connectivity index (χ2n) is 3.43. The number of benzene rings is 1. The van der Waals surface area contributed by atoms with Crippen molar-refractivity contribution in [2.45, 2.75) is 0 Å². The molecule has 15 heavy (non-hydrogen) atoms. The van der Waals surface area contributed by atoms with Crippen molar-refractivity contribution in [1.29, 1.82) is 0 Å². The summed E-state index contributed by atoms with van der Waals surface area (Å²) >= 11 is 0. The van der Waals surface area contributed by atoms with Gasteiger partial charge >= 0.3 is 0 Å². The normalized spacial score (nSPS) is 11.9. The quantitative estimate of drug-likeness (QED) is 0.827. The molecule has 1 aromatic carbocycles. The van der Waals surface area contributed by atoms with E-state index in [4.69, 9.17) is 0 Å². The van der Waals surface area contributed by atoms with Gasteiger partial charge in [0.1, 0.15) is 0 Å². The number of nitrogens with zero attached hydrogens (tertiary/aromatic N) is 2. The van der Waals surface area contributed by atoms with Gasteiger partial charge in [0.2, 0.25) is 10.0 Å². The highest BCUT2D eigenvalue weighted by Crippen LogP contribution is 2.17.